The van der Waals surface area contributed by atoms with E-state index >= 15 is 0 Å². The average molecular weight is 410 g/mol. The molecule has 1 N–H and O–H groups in total. The van der Waals surface area contributed by atoms with Crippen LogP contribution in [0.25, 0.3) is 0 Å². The van der Waals surface area contributed by atoms with Crippen molar-refractivity contribution in [1.82, 2.24) is 9.79 Å². The van der Waals surface area contributed by atoms with Gasteiger partial charge in [0.15, 0.2) is 0 Å². The molecule has 0 aromatic heterocycles. The second-order valence-electron chi connectivity index (χ2n) is 5.94. The maximum absolute atomic E-state index is 14.0. The van der Waals surface area contributed by atoms with Crippen molar-refractivity contribution in [3.63, 3.8) is 0 Å². The molecule has 6 nitrogen and oxygen atoms in total. The third kappa shape index (κ3) is 4.01. The van der Waals surface area contributed by atoms with Crippen molar-refractivity contribution < 1.29 is 22.4 Å². The van der Waals surface area contributed by atoms with E-state index in [4.69, 9.17) is 4.84 Å². The molecule has 1 aliphatic rings. The molecule has 0 aliphatic carbocycles. The molecule has 9 heteroatoms. The number of halogens is 1. The van der Waals surface area contributed by atoms with Crippen LogP contribution in [0.15, 0.2) is 52.3 Å². The van der Waals surface area contributed by atoms with Gasteiger partial charge in [-0.2, -0.15) is 0 Å². The van der Waals surface area contributed by atoms with Crippen molar-refractivity contribution in [1.29, 1.82) is 0 Å². The molecule has 0 bridgehead atoms. The maximum atomic E-state index is 14.0. The van der Waals surface area contributed by atoms with Gasteiger partial charge in [-0.05, 0) is 42.3 Å². The summed E-state index contributed by atoms with van der Waals surface area (Å²) in [6.45, 7) is 0. The number of carbonyl (C=O) groups excluding carboxylic acids is 1. The first kappa shape index (κ1) is 19.8. The fourth-order valence-corrected chi connectivity index (χ4v) is 4.92. The summed E-state index contributed by atoms with van der Waals surface area (Å²) < 4.78 is 39.1. The van der Waals surface area contributed by atoms with Crippen molar-refractivity contribution >= 4 is 27.7 Å². The Hall–Kier alpha value is -1.94. The molecular formula is C18H19FN2O4S2. The number of hydroxylamine groups is 1. The summed E-state index contributed by atoms with van der Waals surface area (Å²) in [5, 5.41) is 2.91. The molecule has 27 heavy (non-hydrogen) atoms. The number of benzene rings is 2. The lowest BCUT2D eigenvalue weighted by Gasteiger charge is -2.26. The van der Waals surface area contributed by atoms with Gasteiger partial charge in [0.2, 0.25) is 0 Å². The quantitative estimate of drug-likeness (QED) is 0.767. The zero-order valence-corrected chi connectivity index (χ0v) is 16.4. The standard InChI is InChI=1S/C18H19FN2O4S2/c1-21(25-2)27(23,24)13-8-6-12(7-9-13)18(22)20-16-10-11-26-17-14(16)4-3-5-15(17)19/h3-9,16H,10-11H2,1-2H3,(H,20,22). The van der Waals surface area contributed by atoms with E-state index in [0.717, 1.165) is 10.0 Å². The summed E-state index contributed by atoms with van der Waals surface area (Å²) in [4.78, 5) is 17.9. The lowest BCUT2D eigenvalue weighted by molar-refractivity contribution is -0.0258. The molecule has 1 unspecified atom stereocenters. The predicted octanol–water partition coefficient (Wildman–Crippen LogP) is 2.97. The van der Waals surface area contributed by atoms with Gasteiger partial charge in [-0.15, -0.1) is 11.8 Å². The lowest BCUT2D eigenvalue weighted by atomic mass is 10.0. The van der Waals surface area contributed by atoms with E-state index in [2.05, 4.69) is 5.32 Å². The van der Waals surface area contributed by atoms with Gasteiger partial charge in [0, 0.05) is 23.3 Å². The molecule has 1 amide bonds. The summed E-state index contributed by atoms with van der Waals surface area (Å²) in [7, 11) is -1.23. The van der Waals surface area contributed by atoms with E-state index in [9.17, 15) is 17.6 Å². The zero-order valence-electron chi connectivity index (χ0n) is 14.8. The fourth-order valence-electron chi connectivity index (χ4n) is 2.80. The molecule has 0 spiro atoms. The second-order valence-corrected chi connectivity index (χ2v) is 8.98. The molecular weight excluding hydrogens is 391 g/mol. The van der Waals surface area contributed by atoms with E-state index in [0.29, 0.717) is 22.6 Å². The SMILES string of the molecule is CON(C)S(=O)(=O)c1ccc(C(=O)NC2CCSc3c(F)cccc32)cc1. The minimum atomic E-state index is -3.77. The highest BCUT2D eigenvalue weighted by molar-refractivity contribution is 7.99. The van der Waals surface area contributed by atoms with Gasteiger partial charge in [0.05, 0.1) is 18.0 Å². The van der Waals surface area contributed by atoms with Gasteiger partial charge in [-0.25, -0.2) is 12.8 Å². The van der Waals surface area contributed by atoms with Crippen LogP contribution in [0.3, 0.4) is 0 Å². The van der Waals surface area contributed by atoms with Crippen LogP contribution in [0.4, 0.5) is 4.39 Å². The van der Waals surface area contributed by atoms with Crippen LogP contribution in [0, 0.1) is 5.82 Å². The van der Waals surface area contributed by atoms with E-state index < -0.39 is 10.0 Å². The molecule has 0 saturated carbocycles. The molecule has 2 aromatic rings. The third-order valence-corrected chi connectivity index (χ3v) is 7.19. The van der Waals surface area contributed by atoms with Gasteiger partial charge in [-0.1, -0.05) is 16.6 Å². The van der Waals surface area contributed by atoms with Crippen molar-refractivity contribution in [2.45, 2.75) is 22.3 Å². The molecule has 0 saturated heterocycles. The number of fused-ring (bicyclic) bond motifs is 1. The van der Waals surface area contributed by atoms with Crippen LogP contribution >= 0.6 is 11.8 Å². The van der Waals surface area contributed by atoms with E-state index in [1.54, 1.807) is 6.07 Å². The predicted molar refractivity (Wildman–Crippen MR) is 100 cm³/mol. The number of carbonyl (C=O) groups is 1. The van der Waals surface area contributed by atoms with E-state index in [-0.39, 0.29) is 22.7 Å². The van der Waals surface area contributed by atoms with Gasteiger partial charge >= 0.3 is 0 Å². The Balaban J connectivity index is 1.78. The Kier molecular flexibility index (Phi) is 5.85. The summed E-state index contributed by atoms with van der Waals surface area (Å²) in [6, 6.07) is 10.1. The van der Waals surface area contributed by atoms with Gasteiger partial charge < -0.3 is 5.32 Å². The smallest absolute Gasteiger partial charge is 0.264 e. The summed E-state index contributed by atoms with van der Waals surface area (Å²) >= 11 is 1.44. The average Bonchev–Trinajstić information content (AvgIpc) is 2.68. The number of sulfonamides is 1. The van der Waals surface area contributed by atoms with Crippen LogP contribution in [0.5, 0.6) is 0 Å². The number of amides is 1. The molecule has 0 fully saturated rings. The Bertz CT molecular complexity index is 948. The largest absolute Gasteiger partial charge is 0.345 e. The molecule has 1 atom stereocenters. The normalized spacial score (nSPS) is 16.8. The molecule has 1 heterocycles. The molecule has 144 valence electrons. The van der Waals surface area contributed by atoms with E-state index in [1.807, 2.05) is 6.07 Å². The number of hydrogen-bond acceptors (Lipinski definition) is 5. The first-order chi connectivity index (χ1) is 12.8. The Morgan fingerprint density at radius 3 is 2.63 bits per heavy atom. The number of nitrogens with one attached hydrogen (secondary N) is 1. The molecule has 3 rings (SSSR count). The van der Waals surface area contributed by atoms with Crippen LogP contribution in [0.2, 0.25) is 0 Å². The van der Waals surface area contributed by atoms with Crippen molar-refractivity contribution in [2.24, 2.45) is 0 Å². The zero-order chi connectivity index (χ0) is 19.6. The van der Waals surface area contributed by atoms with Crippen molar-refractivity contribution in [3.05, 3.63) is 59.4 Å². The van der Waals surface area contributed by atoms with Crippen LogP contribution in [-0.4, -0.2) is 38.7 Å². The number of rotatable bonds is 5. The highest BCUT2D eigenvalue weighted by Crippen LogP contribution is 2.37. The topological polar surface area (TPSA) is 75.7 Å². The summed E-state index contributed by atoms with van der Waals surface area (Å²) in [6.07, 6.45) is 0.692. The minimum absolute atomic E-state index is 0.0184. The number of thioether (sulfide) groups is 1. The van der Waals surface area contributed by atoms with Crippen LogP contribution < -0.4 is 5.32 Å². The first-order valence-electron chi connectivity index (χ1n) is 8.19. The van der Waals surface area contributed by atoms with Crippen molar-refractivity contribution in [3.8, 4) is 0 Å². The lowest BCUT2D eigenvalue weighted by Crippen LogP contribution is -2.31. The van der Waals surface area contributed by atoms with Crippen molar-refractivity contribution in [2.75, 3.05) is 19.9 Å². The van der Waals surface area contributed by atoms with Gasteiger partial charge in [0.1, 0.15) is 5.82 Å². The summed E-state index contributed by atoms with van der Waals surface area (Å²) in [5.41, 5.74) is 1.09. The number of nitrogens with zero attached hydrogens (tertiary/aromatic N) is 1. The Labute approximate surface area is 161 Å². The monoisotopic (exact) mass is 410 g/mol. The van der Waals surface area contributed by atoms with Crippen LogP contribution in [0.1, 0.15) is 28.4 Å². The van der Waals surface area contributed by atoms with E-state index in [1.165, 1.54) is 56.3 Å². The highest BCUT2D eigenvalue weighted by Gasteiger charge is 2.25. The minimum Gasteiger partial charge on any atom is -0.345 e. The summed E-state index contributed by atoms with van der Waals surface area (Å²) in [5.74, 6) is 0.0822. The fraction of sp³-hybridized carbons (Fsp3) is 0.278. The van der Waals surface area contributed by atoms with Gasteiger partial charge in [-0.3, -0.25) is 9.63 Å². The Morgan fingerprint density at radius 2 is 1.96 bits per heavy atom. The van der Waals surface area contributed by atoms with Crippen LogP contribution in [-0.2, 0) is 14.9 Å². The second kappa shape index (κ2) is 7.97. The highest BCUT2D eigenvalue weighted by atomic mass is 32.2. The third-order valence-electron chi connectivity index (χ3n) is 4.34. The number of hydrogen-bond donors (Lipinski definition) is 1. The van der Waals surface area contributed by atoms with Gasteiger partial charge in [0.25, 0.3) is 15.9 Å². The first-order valence-corrected chi connectivity index (χ1v) is 10.6. The Morgan fingerprint density at radius 1 is 1.26 bits per heavy atom. The maximum Gasteiger partial charge on any atom is 0.264 e. The molecule has 0 radical (unpaired) electrons. The molecule has 1 aliphatic heterocycles. The molecule has 2 aromatic carbocycles.